The fourth-order valence-corrected chi connectivity index (χ4v) is 3.12. The predicted octanol–water partition coefficient (Wildman–Crippen LogP) is 3.49. The predicted molar refractivity (Wildman–Crippen MR) is 93.9 cm³/mol. The second-order valence-electron chi connectivity index (χ2n) is 6.64. The van der Waals surface area contributed by atoms with Crippen LogP contribution in [-0.4, -0.2) is 28.1 Å². The molecule has 0 atom stereocenters. The van der Waals surface area contributed by atoms with Crippen molar-refractivity contribution < 1.29 is 19.8 Å². The van der Waals surface area contributed by atoms with Gasteiger partial charge < -0.3 is 10.6 Å². The van der Waals surface area contributed by atoms with E-state index >= 15 is 0 Å². The van der Waals surface area contributed by atoms with E-state index in [4.69, 9.17) is 0 Å². The second kappa shape index (κ2) is 7.63. The minimum atomic E-state index is -0.984. The van der Waals surface area contributed by atoms with Crippen LogP contribution in [0.5, 0.6) is 0 Å². The number of nitrogens with zero attached hydrogens (tertiary/aromatic N) is 1. The molecule has 6 nitrogen and oxygen atoms in total. The Labute approximate surface area is 150 Å². The number of nitrogens with one attached hydrogen (secondary N) is 3. The van der Waals surface area contributed by atoms with Crippen molar-refractivity contribution in [3.05, 3.63) is 47.3 Å². The first kappa shape index (κ1) is 18.0. The monoisotopic (exact) mass is 364 g/mol. The van der Waals surface area contributed by atoms with Crippen molar-refractivity contribution in [1.82, 2.24) is 15.5 Å². The third-order valence-corrected chi connectivity index (χ3v) is 4.66. The van der Waals surface area contributed by atoms with Crippen molar-refractivity contribution in [2.24, 2.45) is 5.92 Å². The van der Waals surface area contributed by atoms with E-state index in [2.05, 4.69) is 27.8 Å². The smallest absolute Gasteiger partial charge is 0.271 e. The molecule has 2 amide bonds. The zero-order chi connectivity index (χ0) is 18.7. The van der Waals surface area contributed by atoms with Crippen LogP contribution in [0.4, 0.5) is 14.5 Å². The number of aromatic nitrogens is 2. The first-order valence-corrected chi connectivity index (χ1v) is 8.55. The van der Waals surface area contributed by atoms with E-state index < -0.39 is 29.0 Å². The van der Waals surface area contributed by atoms with Gasteiger partial charge in [-0.1, -0.05) is 13.0 Å². The molecule has 1 heterocycles. The van der Waals surface area contributed by atoms with Gasteiger partial charge in [0.2, 0.25) is 0 Å². The molecule has 1 aromatic heterocycles. The molecule has 1 fully saturated rings. The van der Waals surface area contributed by atoms with Gasteiger partial charge in [-0.25, -0.2) is 8.78 Å². The maximum atomic E-state index is 13.7. The van der Waals surface area contributed by atoms with E-state index in [0.29, 0.717) is 5.92 Å². The molecule has 8 heteroatoms. The number of hydrogen-bond acceptors (Lipinski definition) is 3. The van der Waals surface area contributed by atoms with E-state index in [9.17, 15) is 18.4 Å². The summed E-state index contributed by atoms with van der Waals surface area (Å²) in [7, 11) is 0. The average Bonchev–Trinajstić information content (AvgIpc) is 3.05. The Bertz CT molecular complexity index is 799. The van der Waals surface area contributed by atoms with Crippen LogP contribution < -0.4 is 10.6 Å². The standard InChI is InChI=1S/C18H20F2N4O2.H2/c1-10-5-7-11(8-6-10)22-18(26)16-14(9-21-24-16)23-17(25)15-12(19)3-2-4-13(15)20;/h2-4,9-11H,5-8H2,1H3,(H,21,24)(H,22,26)(H,23,25);1H. The number of anilines is 1. The lowest BCUT2D eigenvalue weighted by Crippen LogP contribution is -2.37. The number of carbonyl (C=O) groups excluding carboxylic acids is 2. The SMILES string of the molecule is CC1CCC(NC(=O)c2[nH]ncc2NC(=O)c2c(F)cccc2F)CC1.[HH]. The average molecular weight is 364 g/mol. The minimum Gasteiger partial charge on any atom is -0.348 e. The number of halogens is 2. The third-order valence-electron chi connectivity index (χ3n) is 4.66. The Balaban J connectivity index is 0.00000261. The summed E-state index contributed by atoms with van der Waals surface area (Å²) >= 11 is 0. The molecule has 140 valence electrons. The van der Waals surface area contributed by atoms with Crippen molar-refractivity contribution in [3.8, 4) is 0 Å². The van der Waals surface area contributed by atoms with Gasteiger partial charge in [0, 0.05) is 7.47 Å². The Kier molecular flexibility index (Phi) is 5.29. The van der Waals surface area contributed by atoms with Gasteiger partial charge >= 0.3 is 0 Å². The van der Waals surface area contributed by atoms with Gasteiger partial charge in [0.25, 0.3) is 11.8 Å². The maximum Gasteiger partial charge on any atom is 0.271 e. The van der Waals surface area contributed by atoms with Crippen LogP contribution in [0.25, 0.3) is 0 Å². The molecule has 0 unspecified atom stereocenters. The third kappa shape index (κ3) is 3.89. The van der Waals surface area contributed by atoms with Gasteiger partial charge in [-0.3, -0.25) is 14.7 Å². The number of benzene rings is 1. The number of hydrogen-bond donors (Lipinski definition) is 3. The fourth-order valence-electron chi connectivity index (χ4n) is 3.12. The van der Waals surface area contributed by atoms with Crippen molar-refractivity contribution in [2.75, 3.05) is 5.32 Å². The van der Waals surface area contributed by atoms with Crippen molar-refractivity contribution in [1.29, 1.82) is 0 Å². The second-order valence-corrected chi connectivity index (χ2v) is 6.64. The topological polar surface area (TPSA) is 86.9 Å². The number of amides is 2. The van der Waals surface area contributed by atoms with Crippen LogP contribution in [0, 0.1) is 17.6 Å². The van der Waals surface area contributed by atoms with Crippen LogP contribution in [0.15, 0.2) is 24.4 Å². The zero-order valence-corrected chi connectivity index (χ0v) is 14.3. The number of H-pyrrole nitrogens is 1. The molecule has 1 aromatic carbocycles. The summed E-state index contributed by atoms with van der Waals surface area (Å²) in [5, 5.41) is 11.5. The Morgan fingerprint density at radius 1 is 1.15 bits per heavy atom. The first-order chi connectivity index (χ1) is 12.5. The van der Waals surface area contributed by atoms with Crippen LogP contribution in [-0.2, 0) is 0 Å². The van der Waals surface area contributed by atoms with Crippen LogP contribution in [0.1, 0.15) is 54.9 Å². The molecule has 26 heavy (non-hydrogen) atoms. The Hall–Kier alpha value is -2.77. The van der Waals surface area contributed by atoms with E-state index in [-0.39, 0.29) is 18.8 Å². The van der Waals surface area contributed by atoms with E-state index in [1.807, 2.05) is 0 Å². The minimum absolute atomic E-state index is 0. The van der Waals surface area contributed by atoms with Gasteiger partial charge in [0.1, 0.15) is 22.9 Å². The summed E-state index contributed by atoms with van der Waals surface area (Å²) in [5.74, 6) is -2.70. The molecule has 0 spiro atoms. The highest BCUT2D eigenvalue weighted by molar-refractivity contribution is 6.08. The molecule has 0 saturated heterocycles. The van der Waals surface area contributed by atoms with E-state index in [1.54, 1.807) is 0 Å². The lowest BCUT2D eigenvalue weighted by atomic mass is 9.87. The quantitative estimate of drug-likeness (QED) is 0.776. The molecule has 1 saturated carbocycles. The van der Waals surface area contributed by atoms with Gasteiger partial charge in [0.05, 0.1) is 11.9 Å². The van der Waals surface area contributed by atoms with Crippen molar-refractivity contribution in [3.63, 3.8) is 0 Å². The summed E-state index contributed by atoms with van der Waals surface area (Å²) < 4.78 is 27.5. The maximum absolute atomic E-state index is 13.7. The van der Waals surface area contributed by atoms with Crippen LogP contribution in [0.2, 0.25) is 0 Å². The lowest BCUT2D eigenvalue weighted by Gasteiger charge is -2.26. The largest absolute Gasteiger partial charge is 0.348 e. The van der Waals surface area contributed by atoms with Crippen molar-refractivity contribution in [2.45, 2.75) is 38.6 Å². The molecule has 0 aliphatic heterocycles. The number of aromatic amines is 1. The van der Waals surface area contributed by atoms with Gasteiger partial charge in [-0.2, -0.15) is 5.10 Å². The normalized spacial score (nSPS) is 19.8. The summed E-state index contributed by atoms with van der Waals surface area (Å²) in [6.45, 7) is 2.18. The fraction of sp³-hybridized carbons (Fsp3) is 0.389. The Morgan fingerprint density at radius 2 is 1.81 bits per heavy atom. The highest BCUT2D eigenvalue weighted by Crippen LogP contribution is 2.24. The van der Waals surface area contributed by atoms with Gasteiger partial charge in [-0.15, -0.1) is 0 Å². The molecule has 3 rings (SSSR count). The highest BCUT2D eigenvalue weighted by atomic mass is 19.1. The summed E-state index contributed by atoms with van der Waals surface area (Å²) in [4.78, 5) is 24.6. The lowest BCUT2D eigenvalue weighted by molar-refractivity contribution is 0.0919. The molecule has 2 aromatic rings. The molecule has 1 aliphatic carbocycles. The molecular weight excluding hydrogens is 342 g/mol. The van der Waals surface area contributed by atoms with Gasteiger partial charge in [0.15, 0.2) is 0 Å². The van der Waals surface area contributed by atoms with E-state index in [0.717, 1.165) is 37.8 Å². The number of rotatable bonds is 4. The zero-order valence-electron chi connectivity index (χ0n) is 14.3. The van der Waals surface area contributed by atoms with Gasteiger partial charge in [-0.05, 0) is 43.7 Å². The molecular formula is C18H22F2N4O2. The summed E-state index contributed by atoms with van der Waals surface area (Å²) in [6, 6.07) is 3.22. The van der Waals surface area contributed by atoms with Crippen LogP contribution in [0.3, 0.4) is 0 Å². The molecule has 0 bridgehead atoms. The van der Waals surface area contributed by atoms with Crippen LogP contribution >= 0.6 is 0 Å². The molecule has 3 N–H and O–H groups in total. The summed E-state index contributed by atoms with van der Waals surface area (Å²) in [5.41, 5.74) is -0.589. The molecule has 1 aliphatic rings. The van der Waals surface area contributed by atoms with E-state index in [1.165, 1.54) is 12.3 Å². The molecule has 0 radical (unpaired) electrons. The Morgan fingerprint density at radius 3 is 2.46 bits per heavy atom. The first-order valence-electron chi connectivity index (χ1n) is 8.55. The van der Waals surface area contributed by atoms with Crippen molar-refractivity contribution >= 4 is 17.5 Å². The number of carbonyl (C=O) groups is 2. The highest BCUT2D eigenvalue weighted by Gasteiger charge is 2.24. The summed E-state index contributed by atoms with van der Waals surface area (Å²) in [6.07, 6.45) is 5.11.